The highest BCUT2D eigenvalue weighted by atomic mass is 79.9. The molecule has 0 saturated carbocycles. The van der Waals surface area contributed by atoms with Gasteiger partial charge in [-0.25, -0.2) is 18.6 Å². The number of fused-ring (bicyclic) bond motifs is 3. The van der Waals surface area contributed by atoms with Crippen LogP contribution in [0.4, 0.5) is 19.4 Å². The Hall–Kier alpha value is -1.74. The second-order valence-corrected chi connectivity index (χ2v) is 11.0. The highest BCUT2D eigenvalue weighted by Gasteiger charge is 2.58. The van der Waals surface area contributed by atoms with Crippen molar-refractivity contribution >= 4 is 50.3 Å². The molecule has 2 aliphatic rings. The van der Waals surface area contributed by atoms with Crippen molar-refractivity contribution in [3.63, 3.8) is 0 Å². The van der Waals surface area contributed by atoms with Crippen molar-refractivity contribution in [2.24, 2.45) is 0 Å². The summed E-state index contributed by atoms with van der Waals surface area (Å²) >= 11 is 9.02. The van der Waals surface area contributed by atoms with E-state index in [2.05, 4.69) is 25.9 Å². The van der Waals surface area contributed by atoms with Crippen LogP contribution in [0.3, 0.4) is 0 Å². The number of carbonyl (C=O) groups is 1. The van der Waals surface area contributed by atoms with Gasteiger partial charge in [0.1, 0.15) is 22.8 Å². The Morgan fingerprint density at radius 2 is 1.77 bits per heavy atom. The zero-order valence-corrected chi connectivity index (χ0v) is 20.4. The van der Waals surface area contributed by atoms with Crippen LogP contribution >= 0.6 is 27.5 Å². The van der Waals surface area contributed by atoms with E-state index in [1.165, 1.54) is 6.07 Å². The molecule has 0 N–H and O–H groups in total. The molecule has 31 heavy (non-hydrogen) atoms. The van der Waals surface area contributed by atoms with E-state index in [4.69, 9.17) is 16.3 Å². The summed E-state index contributed by atoms with van der Waals surface area (Å²) in [6, 6.07) is 1.21. The quantitative estimate of drug-likeness (QED) is 0.359. The van der Waals surface area contributed by atoms with Gasteiger partial charge >= 0.3 is 6.09 Å². The van der Waals surface area contributed by atoms with E-state index in [1.807, 2.05) is 44.4 Å². The largest absolute Gasteiger partial charge is 0.444 e. The van der Waals surface area contributed by atoms with Crippen molar-refractivity contribution in [2.45, 2.75) is 64.1 Å². The molecule has 6 nitrogen and oxygen atoms in total. The molecule has 0 aliphatic carbocycles. The molecule has 0 spiro atoms. The first-order valence-corrected chi connectivity index (χ1v) is 11.2. The van der Waals surface area contributed by atoms with E-state index in [1.54, 1.807) is 0 Å². The van der Waals surface area contributed by atoms with Crippen molar-refractivity contribution in [2.75, 3.05) is 18.0 Å². The Labute approximate surface area is 193 Å². The first-order chi connectivity index (χ1) is 14.2. The summed E-state index contributed by atoms with van der Waals surface area (Å²) in [5.41, 5.74) is -1.74. The Morgan fingerprint density at radius 1 is 1.19 bits per heavy atom. The molecule has 2 bridgehead atoms. The van der Waals surface area contributed by atoms with Gasteiger partial charge in [0, 0.05) is 18.5 Å². The number of rotatable bonds is 1. The smallest absolute Gasteiger partial charge is 0.411 e. The second-order valence-electron chi connectivity index (χ2n) is 9.86. The highest BCUT2D eigenvalue weighted by Crippen LogP contribution is 2.48. The minimum atomic E-state index is -0.826. The Morgan fingerprint density at radius 3 is 2.32 bits per heavy atom. The third-order valence-electron chi connectivity index (χ3n) is 6.00. The van der Waals surface area contributed by atoms with Gasteiger partial charge in [0.15, 0.2) is 5.82 Å². The predicted octanol–water partition coefficient (Wildman–Crippen LogP) is 5.69. The topological polar surface area (TPSA) is 58.6 Å². The lowest BCUT2D eigenvalue weighted by molar-refractivity contribution is -0.0210. The number of aromatic nitrogens is 2. The molecule has 2 aliphatic heterocycles. The molecule has 4 rings (SSSR count). The minimum Gasteiger partial charge on any atom is -0.444 e. The van der Waals surface area contributed by atoms with Crippen molar-refractivity contribution in [1.29, 1.82) is 0 Å². The number of nitrogens with zero attached hydrogens (tertiary/aromatic N) is 4. The van der Waals surface area contributed by atoms with Crippen LogP contribution in [0.25, 0.3) is 10.9 Å². The number of anilines is 1. The van der Waals surface area contributed by atoms with Crippen LogP contribution in [0.2, 0.25) is 5.28 Å². The summed E-state index contributed by atoms with van der Waals surface area (Å²) in [6.07, 6.45) is 1.18. The third-order valence-corrected chi connectivity index (χ3v) is 6.90. The maximum absolute atomic E-state index is 14.7. The second kappa shape index (κ2) is 7.13. The van der Waals surface area contributed by atoms with Gasteiger partial charge in [-0.1, -0.05) is 0 Å². The summed E-state index contributed by atoms with van der Waals surface area (Å²) in [5.74, 6) is -1.22. The summed E-state index contributed by atoms with van der Waals surface area (Å²) in [5, 5.41) is 0.108. The zero-order chi connectivity index (χ0) is 22.9. The van der Waals surface area contributed by atoms with Crippen molar-refractivity contribution in [3.05, 3.63) is 27.5 Å². The summed E-state index contributed by atoms with van der Waals surface area (Å²) < 4.78 is 34.4. The summed E-state index contributed by atoms with van der Waals surface area (Å²) in [7, 11) is 0. The van der Waals surface area contributed by atoms with Crippen molar-refractivity contribution < 1.29 is 18.3 Å². The number of halogens is 4. The number of amides is 1. The van der Waals surface area contributed by atoms with Crippen LogP contribution in [-0.4, -0.2) is 50.7 Å². The molecule has 0 radical (unpaired) electrons. The molecule has 2 unspecified atom stereocenters. The maximum atomic E-state index is 14.7. The highest BCUT2D eigenvalue weighted by molar-refractivity contribution is 9.10. The summed E-state index contributed by atoms with van der Waals surface area (Å²) in [6.45, 7) is 10.3. The summed E-state index contributed by atoms with van der Waals surface area (Å²) in [4.78, 5) is 25.1. The van der Waals surface area contributed by atoms with Gasteiger partial charge < -0.3 is 9.64 Å². The number of benzene rings is 1. The van der Waals surface area contributed by atoms with Gasteiger partial charge in [-0.2, -0.15) is 4.98 Å². The fraction of sp³-hybridized carbons (Fsp3) is 0.571. The first-order valence-electron chi connectivity index (χ1n) is 10.0. The molecule has 10 heteroatoms. The van der Waals surface area contributed by atoms with E-state index in [0.717, 1.165) is 12.8 Å². The van der Waals surface area contributed by atoms with E-state index >= 15 is 0 Å². The lowest BCUT2D eigenvalue weighted by Crippen LogP contribution is -2.67. The van der Waals surface area contributed by atoms with Gasteiger partial charge in [-0.3, -0.25) is 4.90 Å². The fourth-order valence-corrected chi connectivity index (χ4v) is 5.33. The molecule has 2 aromatic rings. The van der Waals surface area contributed by atoms with Crippen LogP contribution in [0, 0.1) is 11.6 Å². The first kappa shape index (κ1) is 22.5. The lowest BCUT2D eigenvalue weighted by atomic mass is 9.95. The van der Waals surface area contributed by atoms with Gasteiger partial charge in [0.05, 0.1) is 15.6 Å². The van der Waals surface area contributed by atoms with Crippen LogP contribution < -0.4 is 4.90 Å². The number of carbonyl (C=O) groups excluding carboxylic acids is 1. The Kier molecular flexibility index (Phi) is 5.17. The van der Waals surface area contributed by atoms with E-state index in [0.29, 0.717) is 18.9 Å². The van der Waals surface area contributed by atoms with Gasteiger partial charge in [-0.05, 0) is 81.1 Å². The molecule has 168 valence electrons. The predicted molar refractivity (Wildman–Crippen MR) is 118 cm³/mol. The number of hydrogen-bond donors (Lipinski definition) is 0. The average molecular weight is 518 g/mol. The van der Waals surface area contributed by atoms with E-state index in [9.17, 15) is 13.6 Å². The standard InChI is InChI=1S/C21H24BrClF2N4O2/c1-19(2,3)31-18(30)29-20(4)6-7-21(29,5)10-28(9-20)16-11-8-12(24)13(22)14(25)15(11)26-17(23)27-16/h8H,6-7,9-10H2,1-5H3. The monoisotopic (exact) mass is 516 g/mol. The van der Waals surface area contributed by atoms with Crippen LogP contribution in [0.15, 0.2) is 10.5 Å². The van der Waals surface area contributed by atoms with Crippen LogP contribution in [0.1, 0.15) is 47.5 Å². The molecule has 3 heterocycles. The number of ether oxygens (including phenoxy) is 1. The lowest BCUT2D eigenvalue weighted by Gasteiger charge is -2.52. The number of piperazine rings is 1. The van der Waals surface area contributed by atoms with Gasteiger partial charge in [0.25, 0.3) is 0 Å². The molecule has 1 amide bonds. The molecule has 1 aromatic heterocycles. The van der Waals surface area contributed by atoms with Gasteiger partial charge in [-0.15, -0.1) is 0 Å². The zero-order valence-electron chi connectivity index (χ0n) is 18.0. The fourth-order valence-electron chi connectivity index (χ4n) is 4.86. The SMILES string of the molecule is CC(C)(C)OC(=O)N1C2(C)CCC1(C)CN(c1nc(Cl)nc3c(F)c(Br)c(F)cc13)C2. The molecule has 1 aromatic carbocycles. The minimum absolute atomic E-state index is 0.0551. The number of hydrogen-bond acceptors (Lipinski definition) is 5. The Bertz CT molecular complexity index is 1080. The normalized spacial score (nSPS) is 26.0. The average Bonchev–Trinajstić information content (AvgIpc) is 2.80. The molecule has 2 atom stereocenters. The molecular weight excluding hydrogens is 494 g/mol. The van der Waals surface area contributed by atoms with Gasteiger partial charge in [0.2, 0.25) is 5.28 Å². The molecule has 2 fully saturated rings. The maximum Gasteiger partial charge on any atom is 0.411 e. The third kappa shape index (κ3) is 3.73. The molecular formula is C21H24BrClF2N4O2. The van der Waals surface area contributed by atoms with Crippen molar-refractivity contribution in [3.8, 4) is 0 Å². The van der Waals surface area contributed by atoms with Crippen molar-refractivity contribution in [1.82, 2.24) is 14.9 Å². The van der Waals surface area contributed by atoms with Crippen LogP contribution in [0.5, 0.6) is 0 Å². The Balaban J connectivity index is 1.78. The van der Waals surface area contributed by atoms with E-state index < -0.39 is 28.3 Å². The van der Waals surface area contributed by atoms with E-state index in [-0.39, 0.29) is 26.8 Å². The molecule has 2 saturated heterocycles. The van der Waals surface area contributed by atoms with Crippen LogP contribution in [-0.2, 0) is 4.74 Å².